The maximum Gasteiger partial charge on any atom is 0.410 e. The van der Waals surface area contributed by atoms with Crippen LogP contribution in [0.3, 0.4) is 0 Å². The van der Waals surface area contributed by atoms with Crippen LogP contribution in [0.15, 0.2) is 24.3 Å². The Morgan fingerprint density at radius 2 is 2.00 bits per heavy atom. The van der Waals surface area contributed by atoms with Crippen LogP contribution < -0.4 is 0 Å². The number of benzene rings is 1. The largest absolute Gasteiger partial charge is 0.466 e. The van der Waals surface area contributed by atoms with E-state index in [-0.39, 0.29) is 30.7 Å². The van der Waals surface area contributed by atoms with Gasteiger partial charge in [-0.25, -0.2) is 4.79 Å². The molecule has 0 saturated carbocycles. The Kier molecular flexibility index (Phi) is 5.51. The van der Waals surface area contributed by atoms with Crippen molar-refractivity contribution >= 4 is 17.7 Å². The average Bonchev–Trinajstić information content (AvgIpc) is 3.03. The summed E-state index contributed by atoms with van der Waals surface area (Å²) in [5.41, 5.74) is 0.641. The van der Waals surface area contributed by atoms with Crippen molar-refractivity contribution < 1.29 is 24.0 Å². The molecule has 23 heavy (non-hydrogen) atoms. The molecule has 1 aromatic carbocycles. The lowest BCUT2D eigenvalue weighted by atomic mass is 10.1. The molecule has 1 atom stereocenters. The van der Waals surface area contributed by atoms with Gasteiger partial charge in [0, 0.05) is 25.2 Å². The Hall–Kier alpha value is -2.64. The maximum atomic E-state index is 12.0. The molecule has 1 heterocycles. The highest BCUT2D eigenvalue weighted by Crippen LogP contribution is 2.19. The third-order valence-corrected chi connectivity index (χ3v) is 3.58. The van der Waals surface area contributed by atoms with Crippen molar-refractivity contribution in [3.63, 3.8) is 0 Å². The molecule has 1 aromatic rings. The van der Waals surface area contributed by atoms with Crippen LogP contribution in [0.4, 0.5) is 10.5 Å². The highest BCUT2D eigenvalue weighted by molar-refractivity contribution is 5.75. The topological polar surface area (TPSA) is 99.0 Å². The fourth-order valence-electron chi connectivity index (χ4n) is 2.33. The van der Waals surface area contributed by atoms with E-state index in [4.69, 9.17) is 9.47 Å². The van der Waals surface area contributed by atoms with Gasteiger partial charge in [0.15, 0.2) is 0 Å². The first-order chi connectivity index (χ1) is 11.0. The molecule has 1 unspecified atom stereocenters. The second kappa shape index (κ2) is 7.57. The number of nitro benzene ring substituents is 1. The van der Waals surface area contributed by atoms with Gasteiger partial charge in [-0.3, -0.25) is 14.9 Å². The van der Waals surface area contributed by atoms with Crippen LogP contribution in [-0.2, 0) is 20.9 Å². The first kappa shape index (κ1) is 16.7. The van der Waals surface area contributed by atoms with Gasteiger partial charge in [0.05, 0.1) is 17.4 Å². The number of hydrogen-bond acceptors (Lipinski definition) is 6. The van der Waals surface area contributed by atoms with Gasteiger partial charge in [0.25, 0.3) is 5.69 Å². The third kappa shape index (κ3) is 4.41. The van der Waals surface area contributed by atoms with Crippen molar-refractivity contribution in [1.82, 2.24) is 4.90 Å². The van der Waals surface area contributed by atoms with E-state index < -0.39 is 11.0 Å². The molecule has 0 radical (unpaired) electrons. The highest BCUT2D eigenvalue weighted by atomic mass is 16.6. The molecular weight excluding hydrogens is 304 g/mol. The molecule has 0 aromatic heterocycles. The number of ether oxygens (including phenoxy) is 2. The van der Waals surface area contributed by atoms with Crippen molar-refractivity contribution in [3.8, 4) is 0 Å². The molecule has 1 saturated heterocycles. The predicted molar refractivity (Wildman–Crippen MR) is 79.6 cm³/mol. The zero-order valence-electron chi connectivity index (χ0n) is 12.8. The Morgan fingerprint density at radius 3 is 2.61 bits per heavy atom. The second-order valence-corrected chi connectivity index (χ2v) is 5.16. The van der Waals surface area contributed by atoms with Crippen molar-refractivity contribution in [2.45, 2.75) is 20.0 Å². The SMILES string of the molecule is CCOC(=O)C1CCN(C(=O)OCc2ccc([N+](=O)[O-])cc2)C1. The van der Waals surface area contributed by atoms with Gasteiger partial charge in [0.2, 0.25) is 0 Å². The minimum atomic E-state index is -0.504. The molecule has 1 aliphatic rings. The van der Waals surface area contributed by atoms with Crippen molar-refractivity contribution in [2.24, 2.45) is 5.92 Å². The lowest BCUT2D eigenvalue weighted by Crippen LogP contribution is -2.30. The molecule has 8 heteroatoms. The Morgan fingerprint density at radius 1 is 1.30 bits per heavy atom. The molecule has 1 amide bonds. The van der Waals surface area contributed by atoms with Crippen LogP contribution in [0.5, 0.6) is 0 Å². The van der Waals surface area contributed by atoms with E-state index >= 15 is 0 Å². The van der Waals surface area contributed by atoms with Gasteiger partial charge in [-0.1, -0.05) is 0 Å². The van der Waals surface area contributed by atoms with E-state index in [2.05, 4.69) is 0 Å². The van der Waals surface area contributed by atoms with Crippen LogP contribution in [0.2, 0.25) is 0 Å². The minimum Gasteiger partial charge on any atom is -0.466 e. The first-order valence-electron chi connectivity index (χ1n) is 7.33. The number of nitro groups is 1. The fourth-order valence-corrected chi connectivity index (χ4v) is 2.33. The molecule has 1 aliphatic heterocycles. The summed E-state index contributed by atoms with van der Waals surface area (Å²) in [6, 6.07) is 5.79. The summed E-state index contributed by atoms with van der Waals surface area (Å²) in [5, 5.41) is 10.6. The number of likely N-dealkylation sites (tertiary alicyclic amines) is 1. The van der Waals surface area contributed by atoms with E-state index in [1.807, 2.05) is 0 Å². The van der Waals surface area contributed by atoms with Gasteiger partial charge >= 0.3 is 12.1 Å². The summed E-state index contributed by atoms with van der Waals surface area (Å²) >= 11 is 0. The lowest BCUT2D eigenvalue weighted by molar-refractivity contribution is -0.384. The smallest absolute Gasteiger partial charge is 0.410 e. The summed E-state index contributed by atoms with van der Waals surface area (Å²) in [7, 11) is 0. The number of hydrogen-bond donors (Lipinski definition) is 0. The molecule has 8 nitrogen and oxygen atoms in total. The molecule has 0 aliphatic carbocycles. The summed E-state index contributed by atoms with van der Waals surface area (Å²) in [6.07, 6.45) is 0.0565. The van der Waals surface area contributed by atoms with Gasteiger partial charge in [0.1, 0.15) is 6.61 Å². The summed E-state index contributed by atoms with van der Waals surface area (Å²) in [5.74, 6) is -0.597. The molecule has 2 rings (SSSR count). The predicted octanol–water partition coefficient (Wildman–Crippen LogP) is 2.12. The molecule has 0 spiro atoms. The molecular formula is C15H18N2O6. The van der Waals surface area contributed by atoms with E-state index in [0.717, 1.165) is 0 Å². The molecule has 124 valence electrons. The number of carbonyl (C=O) groups is 2. The van der Waals surface area contributed by atoms with Crippen LogP contribution in [0.25, 0.3) is 0 Å². The normalized spacial score (nSPS) is 16.9. The van der Waals surface area contributed by atoms with Crippen LogP contribution in [0, 0.1) is 16.0 Å². The molecule has 0 N–H and O–H groups in total. The molecule has 1 fully saturated rings. The lowest BCUT2D eigenvalue weighted by Gasteiger charge is -2.16. The Labute approximate surface area is 133 Å². The van der Waals surface area contributed by atoms with Crippen molar-refractivity contribution in [1.29, 1.82) is 0 Å². The number of nitrogens with zero attached hydrogens (tertiary/aromatic N) is 2. The Balaban J connectivity index is 1.81. The zero-order chi connectivity index (χ0) is 16.8. The first-order valence-corrected chi connectivity index (χ1v) is 7.33. The van der Waals surface area contributed by atoms with Gasteiger partial charge in [-0.2, -0.15) is 0 Å². The quantitative estimate of drug-likeness (QED) is 0.468. The molecule has 0 bridgehead atoms. The standard InChI is InChI=1S/C15H18N2O6/c1-2-22-14(18)12-7-8-16(9-12)15(19)23-10-11-3-5-13(6-4-11)17(20)21/h3-6,12H,2,7-10H2,1H3. The number of carbonyl (C=O) groups excluding carboxylic acids is 2. The minimum absolute atomic E-state index is 0.0168. The van der Waals surface area contributed by atoms with E-state index in [1.54, 1.807) is 6.92 Å². The maximum absolute atomic E-state index is 12.0. The van der Waals surface area contributed by atoms with E-state index in [1.165, 1.54) is 29.2 Å². The highest BCUT2D eigenvalue weighted by Gasteiger charge is 2.32. The van der Waals surface area contributed by atoms with E-state index in [0.29, 0.717) is 25.1 Å². The number of amides is 1. The average molecular weight is 322 g/mol. The van der Waals surface area contributed by atoms with Crippen molar-refractivity contribution in [2.75, 3.05) is 19.7 Å². The summed E-state index contributed by atoms with van der Waals surface area (Å²) in [4.78, 5) is 35.1. The summed E-state index contributed by atoms with van der Waals surface area (Å²) < 4.78 is 10.1. The summed E-state index contributed by atoms with van der Waals surface area (Å²) in [6.45, 7) is 2.82. The van der Waals surface area contributed by atoms with Gasteiger partial charge < -0.3 is 14.4 Å². The fraction of sp³-hybridized carbons (Fsp3) is 0.467. The van der Waals surface area contributed by atoms with Crippen LogP contribution in [0.1, 0.15) is 18.9 Å². The van der Waals surface area contributed by atoms with Crippen LogP contribution >= 0.6 is 0 Å². The zero-order valence-corrected chi connectivity index (χ0v) is 12.8. The third-order valence-electron chi connectivity index (χ3n) is 3.58. The number of esters is 1. The van der Waals surface area contributed by atoms with Crippen LogP contribution in [-0.4, -0.2) is 41.6 Å². The second-order valence-electron chi connectivity index (χ2n) is 5.16. The monoisotopic (exact) mass is 322 g/mol. The van der Waals surface area contributed by atoms with Gasteiger partial charge in [-0.15, -0.1) is 0 Å². The van der Waals surface area contributed by atoms with Crippen molar-refractivity contribution in [3.05, 3.63) is 39.9 Å². The number of non-ortho nitro benzene ring substituents is 1. The number of rotatable bonds is 5. The Bertz CT molecular complexity index is 586. The van der Waals surface area contributed by atoms with E-state index in [9.17, 15) is 19.7 Å². The van der Waals surface area contributed by atoms with Gasteiger partial charge in [-0.05, 0) is 31.0 Å².